The van der Waals surface area contributed by atoms with Crippen LogP contribution >= 0.6 is 38.5 Å². The SMILES string of the molecule is COc1c(Br)cc(C[C@H](C(=O)[O-])[N+](C)(C)C)cc1I. The average molecular weight is 442 g/mol. The second-order valence-electron chi connectivity index (χ2n) is 5.25. The van der Waals surface area contributed by atoms with E-state index in [1.807, 2.05) is 33.3 Å². The van der Waals surface area contributed by atoms with Crippen LogP contribution in [-0.4, -0.2) is 44.7 Å². The summed E-state index contributed by atoms with van der Waals surface area (Å²) in [6.07, 6.45) is 0.421. The highest BCUT2D eigenvalue weighted by Gasteiger charge is 2.26. The van der Waals surface area contributed by atoms with Gasteiger partial charge in [-0.05, 0) is 56.2 Å². The smallest absolute Gasteiger partial charge is 0.146 e. The molecule has 0 aliphatic rings. The van der Waals surface area contributed by atoms with Crippen LogP contribution in [0, 0.1) is 3.57 Å². The molecule has 0 saturated carbocycles. The lowest BCUT2D eigenvalue weighted by Crippen LogP contribution is -2.55. The second kappa shape index (κ2) is 6.41. The number of rotatable bonds is 5. The molecule has 1 aromatic carbocycles. The summed E-state index contributed by atoms with van der Waals surface area (Å²) in [4.78, 5) is 11.3. The van der Waals surface area contributed by atoms with Crippen LogP contribution in [0.1, 0.15) is 5.56 Å². The molecule has 0 radical (unpaired) electrons. The number of likely N-dealkylation sites (N-methyl/N-ethyl adjacent to an activating group) is 1. The van der Waals surface area contributed by atoms with E-state index in [-0.39, 0.29) is 0 Å². The predicted molar refractivity (Wildman–Crippen MR) is 83.9 cm³/mol. The zero-order valence-electron chi connectivity index (χ0n) is 11.4. The Labute approximate surface area is 135 Å². The fourth-order valence-corrected chi connectivity index (χ4v) is 3.77. The molecule has 0 aliphatic carbocycles. The van der Waals surface area contributed by atoms with Gasteiger partial charge in [0.05, 0.1) is 42.3 Å². The number of carboxylic acid groups (broad SMARTS) is 1. The quantitative estimate of drug-likeness (QED) is 0.513. The first-order valence-corrected chi connectivity index (χ1v) is 7.58. The maximum atomic E-state index is 11.3. The van der Waals surface area contributed by atoms with Crippen LogP contribution in [0.5, 0.6) is 5.75 Å². The first kappa shape index (κ1) is 16.7. The number of nitrogens with zero attached hydrogens (tertiary/aromatic N) is 1. The maximum Gasteiger partial charge on any atom is 0.146 e. The Morgan fingerprint density at radius 2 is 2.05 bits per heavy atom. The molecule has 0 bridgehead atoms. The monoisotopic (exact) mass is 441 g/mol. The molecular formula is C13H17BrINO3. The lowest BCUT2D eigenvalue weighted by atomic mass is 10.0. The molecule has 19 heavy (non-hydrogen) atoms. The minimum Gasteiger partial charge on any atom is -0.544 e. The number of hydrogen-bond donors (Lipinski definition) is 0. The number of carbonyl (C=O) groups excluding carboxylic acids is 1. The molecule has 6 heteroatoms. The highest BCUT2D eigenvalue weighted by atomic mass is 127. The summed E-state index contributed by atoms with van der Waals surface area (Å²) in [5, 5.41) is 11.3. The summed E-state index contributed by atoms with van der Waals surface area (Å²) in [5.74, 6) is -0.269. The zero-order chi connectivity index (χ0) is 14.8. The molecule has 4 nitrogen and oxygen atoms in total. The Hall–Kier alpha value is -0.340. The van der Waals surface area contributed by atoms with E-state index in [1.165, 1.54) is 0 Å². The van der Waals surface area contributed by atoms with E-state index in [0.29, 0.717) is 10.9 Å². The molecule has 0 aromatic heterocycles. The van der Waals surface area contributed by atoms with Gasteiger partial charge in [-0.25, -0.2) is 0 Å². The topological polar surface area (TPSA) is 49.4 Å². The summed E-state index contributed by atoms with van der Waals surface area (Å²) in [7, 11) is 7.16. The van der Waals surface area contributed by atoms with Crippen LogP contribution in [0.15, 0.2) is 16.6 Å². The molecule has 0 aliphatic heterocycles. The maximum absolute atomic E-state index is 11.3. The zero-order valence-corrected chi connectivity index (χ0v) is 15.1. The Kier molecular flexibility index (Phi) is 5.64. The summed E-state index contributed by atoms with van der Waals surface area (Å²) in [5.41, 5.74) is 0.944. The number of aliphatic carboxylic acids is 1. The van der Waals surface area contributed by atoms with Crippen molar-refractivity contribution >= 4 is 44.5 Å². The van der Waals surface area contributed by atoms with Crippen molar-refractivity contribution in [1.29, 1.82) is 0 Å². The molecule has 106 valence electrons. The van der Waals surface area contributed by atoms with Crippen LogP contribution in [0.2, 0.25) is 0 Å². The number of halogens is 2. The van der Waals surface area contributed by atoms with E-state index in [1.54, 1.807) is 7.11 Å². The molecule has 0 spiro atoms. The number of quaternary nitrogens is 1. The Bertz CT molecular complexity index is 462. The van der Waals surface area contributed by atoms with Gasteiger partial charge in [0.25, 0.3) is 0 Å². The van der Waals surface area contributed by atoms with Crippen molar-refractivity contribution in [3.8, 4) is 5.75 Å². The first-order valence-electron chi connectivity index (χ1n) is 5.70. The molecule has 0 heterocycles. The van der Waals surface area contributed by atoms with Gasteiger partial charge in [-0.1, -0.05) is 0 Å². The van der Waals surface area contributed by atoms with Gasteiger partial charge in [0.2, 0.25) is 0 Å². The Morgan fingerprint density at radius 1 is 1.47 bits per heavy atom. The molecule has 1 rings (SSSR count). The van der Waals surface area contributed by atoms with E-state index in [9.17, 15) is 9.90 Å². The fourth-order valence-electron chi connectivity index (χ4n) is 1.82. The van der Waals surface area contributed by atoms with Crippen molar-refractivity contribution in [2.24, 2.45) is 0 Å². The van der Waals surface area contributed by atoms with Crippen molar-refractivity contribution < 1.29 is 19.1 Å². The highest BCUT2D eigenvalue weighted by molar-refractivity contribution is 14.1. The number of benzene rings is 1. The number of carbonyl (C=O) groups is 1. The first-order chi connectivity index (χ1) is 8.66. The van der Waals surface area contributed by atoms with Crippen LogP contribution in [0.4, 0.5) is 0 Å². The summed E-state index contributed by atoms with van der Waals surface area (Å²) >= 11 is 5.61. The van der Waals surface area contributed by atoms with Gasteiger partial charge in [0.15, 0.2) is 0 Å². The number of hydrogen-bond acceptors (Lipinski definition) is 3. The summed E-state index contributed by atoms with van der Waals surface area (Å²) in [6.45, 7) is 0. The van der Waals surface area contributed by atoms with Gasteiger partial charge < -0.3 is 19.1 Å². The lowest BCUT2D eigenvalue weighted by Gasteiger charge is -2.34. The van der Waals surface area contributed by atoms with Gasteiger partial charge in [0.1, 0.15) is 11.8 Å². The Balaban J connectivity index is 3.08. The van der Waals surface area contributed by atoms with E-state index >= 15 is 0 Å². The largest absolute Gasteiger partial charge is 0.544 e. The summed E-state index contributed by atoms with van der Waals surface area (Å²) in [6, 6.07) is 3.25. The second-order valence-corrected chi connectivity index (χ2v) is 7.26. The third-order valence-electron chi connectivity index (χ3n) is 2.90. The van der Waals surface area contributed by atoms with Gasteiger partial charge in [-0.2, -0.15) is 0 Å². The summed E-state index contributed by atoms with van der Waals surface area (Å²) < 4.78 is 7.36. The van der Waals surface area contributed by atoms with E-state index in [2.05, 4.69) is 38.5 Å². The average Bonchev–Trinajstić information content (AvgIpc) is 2.23. The van der Waals surface area contributed by atoms with Crippen molar-refractivity contribution in [2.75, 3.05) is 28.3 Å². The molecule has 1 atom stereocenters. The minimum absolute atomic E-state index is 0.322. The predicted octanol–water partition coefficient (Wildman–Crippen LogP) is 1.43. The van der Waals surface area contributed by atoms with Crippen LogP contribution in [-0.2, 0) is 11.2 Å². The van der Waals surface area contributed by atoms with Gasteiger partial charge >= 0.3 is 0 Å². The van der Waals surface area contributed by atoms with Gasteiger partial charge in [-0.15, -0.1) is 0 Å². The number of methoxy groups -OCH3 is 1. The molecule has 0 amide bonds. The van der Waals surface area contributed by atoms with Crippen molar-refractivity contribution in [2.45, 2.75) is 12.5 Å². The van der Waals surface area contributed by atoms with Crippen molar-refractivity contribution in [3.05, 3.63) is 25.7 Å². The van der Waals surface area contributed by atoms with Crippen LogP contribution in [0.3, 0.4) is 0 Å². The molecule has 0 fully saturated rings. The van der Waals surface area contributed by atoms with E-state index in [4.69, 9.17) is 4.74 Å². The van der Waals surface area contributed by atoms with Gasteiger partial charge in [-0.3, -0.25) is 0 Å². The third kappa shape index (κ3) is 4.32. The van der Waals surface area contributed by atoms with Crippen LogP contribution in [0.25, 0.3) is 0 Å². The van der Waals surface area contributed by atoms with Crippen LogP contribution < -0.4 is 9.84 Å². The third-order valence-corrected chi connectivity index (χ3v) is 4.29. The molecule has 0 saturated heterocycles. The standard InChI is InChI=1S/C13H17BrINO3/c1-16(2,3)11(13(17)18)7-8-5-9(14)12(19-4)10(15)6-8/h5-6,11H,7H2,1-4H3/t11-/m1/s1. The Morgan fingerprint density at radius 3 is 2.42 bits per heavy atom. The molecule has 0 N–H and O–H groups in total. The van der Waals surface area contributed by atoms with E-state index in [0.717, 1.165) is 19.4 Å². The van der Waals surface area contributed by atoms with Crippen molar-refractivity contribution in [3.63, 3.8) is 0 Å². The van der Waals surface area contributed by atoms with Gasteiger partial charge in [0, 0.05) is 6.42 Å². The molecular weight excluding hydrogens is 425 g/mol. The number of carboxylic acids is 1. The fraction of sp³-hybridized carbons (Fsp3) is 0.462. The van der Waals surface area contributed by atoms with E-state index < -0.39 is 12.0 Å². The highest BCUT2D eigenvalue weighted by Crippen LogP contribution is 2.32. The lowest BCUT2D eigenvalue weighted by molar-refractivity contribution is -0.889. The normalized spacial score (nSPS) is 13.2. The van der Waals surface area contributed by atoms with Crippen molar-refractivity contribution in [1.82, 2.24) is 0 Å². The molecule has 0 unspecified atom stereocenters. The number of ether oxygens (including phenoxy) is 1. The molecule has 1 aromatic rings. The minimum atomic E-state index is -1.03.